The van der Waals surface area contributed by atoms with Crippen LogP contribution in [0.5, 0.6) is 11.5 Å². The SMILES string of the molecule is CCCNCc1ccc(OC)cc1OCCOCC. The summed E-state index contributed by atoms with van der Waals surface area (Å²) in [5.74, 6) is 1.67. The van der Waals surface area contributed by atoms with Gasteiger partial charge >= 0.3 is 0 Å². The van der Waals surface area contributed by atoms with Crippen LogP contribution in [-0.4, -0.2) is 33.5 Å². The van der Waals surface area contributed by atoms with Gasteiger partial charge < -0.3 is 19.5 Å². The van der Waals surface area contributed by atoms with Crippen molar-refractivity contribution in [1.29, 1.82) is 0 Å². The van der Waals surface area contributed by atoms with Crippen molar-refractivity contribution in [1.82, 2.24) is 5.32 Å². The van der Waals surface area contributed by atoms with Gasteiger partial charge in [0.15, 0.2) is 0 Å². The molecule has 4 heteroatoms. The fraction of sp³-hybridized carbons (Fsp3) is 0.600. The maximum absolute atomic E-state index is 5.77. The standard InChI is InChI=1S/C15H25NO3/c1-4-8-16-12-13-6-7-14(17-3)11-15(13)19-10-9-18-5-2/h6-7,11,16H,4-5,8-10,12H2,1-3H3. The van der Waals surface area contributed by atoms with E-state index in [-0.39, 0.29) is 0 Å². The topological polar surface area (TPSA) is 39.7 Å². The quantitative estimate of drug-likeness (QED) is 0.661. The summed E-state index contributed by atoms with van der Waals surface area (Å²) >= 11 is 0. The fourth-order valence-corrected chi connectivity index (χ4v) is 1.70. The Morgan fingerprint density at radius 1 is 1.16 bits per heavy atom. The van der Waals surface area contributed by atoms with Gasteiger partial charge in [-0.3, -0.25) is 0 Å². The molecule has 0 unspecified atom stereocenters. The van der Waals surface area contributed by atoms with Gasteiger partial charge in [0.25, 0.3) is 0 Å². The third-order valence-corrected chi connectivity index (χ3v) is 2.71. The zero-order chi connectivity index (χ0) is 13.9. The molecule has 108 valence electrons. The lowest BCUT2D eigenvalue weighted by atomic mass is 10.2. The molecule has 0 atom stereocenters. The average molecular weight is 267 g/mol. The first-order chi connectivity index (χ1) is 9.31. The van der Waals surface area contributed by atoms with E-state index in [1.54, 1.807) is 7.11 Å². The number of nitrogens with one attached hydrogen (secondary N) is 1. The van der Waals surface area contributed by atoms with Gasteiger partial charge in [-0.25, -0.2) is 0 Å². The number of benzene rings is 1. The summed E-state index contributed by atoms with van der Waals surface area (Å²) in [6.45, 7) is 7.82. The van der Waals surface area contributed by atoms with Gasteiger partial charge in [0, 0.05) is 24.8 Å². The molecule has 1 N–H and O–H groups in total. The van der Waals surface area contributed by atoms with Crippen LogP contribution >= 0.6 is 0 Å². The normalized spacial score (nSPS) is 10.5. The van der Waals surface area contributed by atoms with Gasteiger partial charge in [-0.05, 0) is 26.0 Å². The highest BCUT2D eigenvalue weighted by molar-refractivity contribution is 5.40. The first kappa shape index (κ1) is 15.8. The Kier molecular flexibility index (Phi) is 8.02. The molecule has 0 fully saturated rings. The molecule has 0 bridgehead atoms. The van der Waals surface area contributed by atoms with Crippen LogP contribution in [0, 0.1) is 0 Å². The molecule has 1 aromatic rings. The predicted molar refractivity (Wildman–Crippen MR) is 77.0 cm³/mol. The second-order valence-electron chi connectivity index (χ2n) is 4.20. The van der Waals surface area contributed by atoms with E-state index in [0.29, 0.717) is 19.8 Å². The largest absolute Gasteiger partial charge is 0.497 e. The molecule has 0 aromatic heterocycles. The van der Waals surface area contributed by atoms with Crippen LogP contribution in [0.25, 0.3) is 0 Å². The van der Waals surface area contributed by atoms with Crippen LogP contribution in [0.4, 0.5) is 0 Å². The molecule has 0 spiro atoms. The molecule has 1 aromatic carbocycles. The van der Waals surface area contributed by atoms with E-state index in [4.69, 9.17) is 14.2 Å². The lowest BCUT2D eigenvalue weighted by Crippen LogP contribution is -2.15. The summed E-state index contributed by atoms with van der Waals surface area (Å²) in [5.41, 5.74) is 1.14. The monoisotopic (exact) mass is 267 g/mol. The Labute approximate surface area is 116 Å². The minimum atomic E-state index is 0.557. The van der Waals surface area contributed by atoms with Crippen LogP contribution < -0.4 is 14.8 Å². The van der Waals surface area contributed by atoms with Crippen LogP contribution in [0.2, 0.25) is 0 Å². The van der Waals surface area contributed by atoms with Crippen molar-refractivity contribution in [3.8, 4) is 11.5 Å². The van der Waals surface area contributed by atoms with Crippen LogP contribution in [0.1, 0.15) is 25.8 Å². The predicted octanol–water partition coefficient (Wildman–Crippen LogP) is 2.61. The van der Waals surface area contributed by atoms with Gasteiger partial charge in [0.2, 0.25) is 0 Å². The zero-order valence-electron chi connectivity index (χ0n) is 12.2. The van der Waals surface area contributed by atoms with E-state index >= 15 is 0 Å². The first-order valence-corrected chi connectivity index (χ1v) is 6.90. The van der Waals surface area contributed by atoms with Crippen LogP contribution in [0.3, 0.4) is 0 Å². The van der Waals surface area contributed by atoms with E-state index in [1.807, 2.05) is 25.1 Å². The van der Waals surface area contributed by atoms with Crippen molar-refractivity contribution < 1.29 is 14.2 Å². The summed E-state index contributed by atoms with van der Waals surface area (Å²) in [5, 5.41) is 3.38. The minimum Gasteiger partial charge on any atom is -0.497 e. The van der Waals surface area contributed by atoms with Gasteiger partial charge in [-0.15, -0.1) is 0 Å². The molecule has 0 aliphatic rings. The molecule has 19 heavy (non-hydrogen) atoms. The third-order valence-electron chi connectivity index (χ3n) is 2.71. The van der Waals surface area contributed by atoms with E-state index in [9.17, 15) is 0 Å². The Morgan fingerprint density at radius 3 is 2.68 bits per heavy atom. The second-order valence-corrected chi connectivity index (χ2v) is 4.20. The lowest BCUT2D eigenvalue weighted by molar-refractivity contribution is 0.109. The molecule has 1 rings (SSSR count). The van der Waals surface area contributed by atoms with E-state index < -0.39 is 0 Å². The molecule has 4 nitrogen and oxygen atoms in total. The third kappa shape index (κ3) is 5.94. The molecule has 0 saturated carbocycles. The van der Waals surface area contributed by atoms with Crippen molar-refractivity contribution in [2.75, 3.05) is 33.5 Å². The first-order valence-electron chi connectivity index (χ1n) is 6.90. The number of rotatable bonds is 10. The van der Waals surface area contributed by atoms with Gasteiger partial charge in [0.05, 0.1) is 13.7 Å². The highest BCUT2D eigenvalue weighted by Crippen LogP contribution is 2.24. The summed E-state index contributed by atoms with van der Waals surface area (Å²) in [7, 11) is 1.66. The minimum absolute atomic E-state index is 0.557. The smallest absolute Gasteiger partial charge is 0.127 e. The van der Waals surface area contributed by atoms with Crippen molar-refractivity contribution in [3.63, 3.8) is 0 Å². The molecule has 0 amide bonds. The van der Waals surface area contributed by atoms with Crippen LogP contribution in [0.15, 0.2) is 18.2 Å². The van der Waals surface area contributed by atoms with Crippen molar-refractivity contribution >= 4 is 0 Å². The highest BCUT2D eigenvalue weighted by atomic mass is 16.5. The molecule has 0 heterocycles. The summed E-state index contributed by atoms with van der Waals surface area (Å²) in [6, 6.07) is 5.92. The Bertz CT molecular complexity index is 355. The van der Waals surface area contributed by atoms with Gasteiger partial charge in [-0.2, -0.15) is 0 Å². The Morgan fingerprint density at radius 2 is 2.00 bits per heavy atom. The maximum Gasteiger partial charge on any atom is 0.127 e. The number of hydrogen-bond acceptors (Lipinski definition) is 4. The number of hydrogen-bond donors (Lipinski definition) is 1. The highest BCUT2D eigenvalue weighted by Gasteiger charge is 2.05. The van der Waals surface area contributed by atoms with Crippen molar-refractivity contribution in [2.24, 2.45) is 0 Å². The average Bonchev–Trinajstić information content (AvgIpc) is 2.45. The van der Waals surface area contributed by atoms with Gasteiger partial charge in [-0.1, -0.05) is 13.0 Å². The molecule has 0 saturated heterocycles. The molecule has 0 aliphatic heterocycles. The summed E-state index contributed by atoms with van der Waals surface area (Å²) < 4.78 is 16.3. The molecular formula is C15H25NO3. The lowest BCUT2D eigenvalue weighted by Gasteiger charge is -2.13. The van der Waals surface area contributed by atoms with Crippen molar-refractivity contribution in [2.45, 2.75) is 26.8 Å². The second kappa shape index (κ2) is 9.64. The van der Waals surface area contributed by atoms with E-state index in [1.165, 1.54) is 0 Å². The summed E-state index contributed by atoms with van der Waals surface area (Å²) in [6.07, 6.45) is 1.12. The Balaban J connectivity index is 2.60. The van der Waals surface area contributed by atoms with Crippen molar-refractivity contribution in [3.05, 3.63) is 23.8 Å². The van der Waals surface area contributed by atoms with Gasteiger partial charge in [0.1, 0.15) is 18.1 Å². The number of methoxy groups -OCH3 is 1. The molecule has 0 aliphatic carbocycles. The summed E-state index contributed by atoms with van der Waals surface area (Å²) in [4.78, 5) is 0. The number of ether oxygens (including phenoxy) is 3. The van der Waals surface area contributed by atoms with E-state index in [0.717, 1.165) is 36.6 Å². The van der Waals surface area contributed by atoms with E-state index in [2.05, 4.69) is 12.2 Å². The molecular weight excluding hydrogens is 242 g/mol. The Hall–Kier alpha value is -1.26. The van der Waals surface area contributed by atoms with Crippen LogP contribution in [-0.2, 0) is 11.3 Å². The molecule has 0 radical (unpaired) electrons. The maximum atomic E-state index is 5.77. The fourth-order valence-electron chi connectivity index (χ4n) is 1.70. The zero-order valence-corrected chi connectivity index (χ0v) is 12.2.